The Morgan fingerprint density at radius 2 is 1.88 bits per heavy atom. The Morgan fingerprint density at radius 1 is 1.06 bits per heavy atom. The average Bonchev–Trinajstić information content (AvgIpc) is 2.75. The van der Waals surface area contributed by atoms with Crippen LogP contribution in [0.25, 0.3) is 10.8 Å². The first-order valence-corrected chi connectivity index (χ1v) is 6.85. The van der Waals surface area contributed by atoms with E-state index in [1.54, 1.807) is 11.3 Å². The maximum atomic E-state index is 4.31. The number of nitrogens with zero attached hydrogens (tertiary/aromatic N) is 1. The van der Waals surface area contributed by atoms with Gasteiger partial charge in [0.15, 0.2) is 5.13 Å². The Morgan fingerprint density at radius 3 is 2.65 bits per heavy atom. The van der Waals surface area contributed by atoms with E-state index in [9.17, 15) is 0 Å². The van der Waals surface area contributed by atoms with Crippen molar-refractivity contribution in [3.63, 3.8) is 0 Å². The molecule has 3 aromatic rings. The standard InChI is InChI=1S/C13H9BrN2S/c14-12-8-17-13(16-12)15-11-6-5-9-3-1-2-4-10(9)7-11/h1-8H,(H,15,16). The van der Waals surface area contributed by atoms with Crippen molar-refractivity contribution in [3.05, 3.63) is 52.4 Å². The summed E-state index contributed by atoms with van der Waals surface area (Å²) < 4.78 is 0.866. The normalized spacial score (nSPS) is 10.6. The minimum atomic E-state index is 0.866. The maximum Gasteiger partial charge on any atom is 0.188 e. The number of nitrogens with one attached hydrogen (secondary N) is 1. The number of thiazole rings is 1. The number of aromatic nitrogens is 1. The van der Waals surface area contributed by atoms with Crippen molar-refractivity contribution in [2.75, 3.05) is 5.32 Å². The van der Waals surface area contributed by atoms with Crippen molar-refractivity contribution in [3.8, 4) is 0 Å². The molecule has 2 nitrogen and oxygen atoms in total. The Balaban J connectivity index is 1.95. The molecule has 0 aliphatic carbocycles. The van der Waals surface area contributed by atoms with E-state index >= 15 is 0 Å². The second-order valence-corrected chi connectivity index (χ2v) is 5.33. The van der Waals surface area contributed by atoms with Crippen LogP contribution in [0.3, 0.4) is 0 Å². The highest BCUT2D eigenvalue weighted by Gasteiger charge is 2.00. The summed E-state index contributed by atoms with van der Waals surface area (Å²) >= 11 is 4.93. The minimum Gasteiger partial charge on any atom is -0.332 e. The third kappa shape index (κ3) is 2.33. The SMILES string of the molecule is Brc1csc(Nc2ccc3ccccc3c2)n1. The molecule has 0 saturated carbocycles. The smallest absolute Gasteiger partial charge is 0.188 e. The van der Waals surface area contributed by atoms with Gasteiger partial charge in [0.2, 0.25) is 0 Å². The lowest BCUT2D eigenvalue weighted by Gasteiger charge is -2.04. The fourth-order valence-corrected chi connectivity index (χ4v) is 2.87. The maximum absolute atomic E-state index is 4.31. The Labute approximate surface area is 111 Å². The summed E-state index contributed by atoms with van der Waals surface area (Å²) in [5.74, 6) is 0. The second kappa shape index (κ2) is 4.47. The molecule has 0 aliphatic heterocycles. The zero-order valence-electron chi connectivity index (χ0n) is 8.85. The first-order valence-electron chi connectivity index (χ1n) is 5.18. The number of rotatable bonds is 2. The van der Waals surface area contributed by atoms with E-state index in [0.717, 1.165) is 15.4 Å². The van der Waals surface area contributed by atoms with Gasteiger partial charge in [0.05, 0.1) is 0 Å². The van der Waals surface area contributed by atoms with E-state index in [2.05, 4.69) is 56.6 Å². The van der Waals surface area contributed by atoms with Crippen LogP contribution in [0.5, 0.6) is 0 Å². The van der Waals surface area contributed by atoms with Crippen LogP contribution in [-0.4, -0.2) is 4.98 Å². The van der Waals surface area contributed by atoms with Crippen molar-refractivity contribution in [2.24, 2.45) is 0 Å². The van der Waals surface area contributed by atoms with Crippen LogP contribution in [0, 0.1) is 0 Å². The highest BCUT2D eigenvalue weighted by molar-refractivity contribution is 9.10. The van der Waals surface area contributed by atoms with Gasteiger partial charge in [-0.25, -0.2) is 4.98 Å². The van der Waals surface area contributed by atoms with Crippen LogP contribution in [0.4, 0.5) is 10.8 Å². The third-order valence-electron chi connectivity index (χ3n) is 2.48. The summed E-state index contributed by atoms with van der Waals surface area (Å²) in [6, 6.07) is 14.6. The summed E-state index contributed by atoms with van der Waals surface area (Å²) in [6.45, 7) is 0. The molecule has 84 valence electrons. The largest absolute Gasteiger partial charge is 0.332 e. The van der Waals surface area contributed by atoms with Crippen LogP contribution < -0.4 is 5.32 Å². The van der Waals surface area contributed by atoms with E-state index in [4.69, 9.17) is 0 Å². The van der Waals surface area contributed by atoms with E-state index < -0.39 is 0 Å². The van der Waals surface area contributed by atoms with Gasteiger partial charge in [-0.05, 0) is 38.8 Å². The first-order chi connectivity index (χ1) is 8.31. The van der Waals surface area contributed by atoms with Crippen LogP contribution >= 0.6 is 27.3 Å². The second-order valence-electron chi connectivity index (χ2n) is 3.66. The molecule has 1 aromatic heterocycles. The summed E-state index contributed by atoms with van der Waals surface area (Å²) in [5, 5.41) is 8.63. The predicted molar refractivity (Wildman–Crippen MR) is 77.0 cm³/mol. The van der Waals surface area contributed by atoms with E-state index in [0.29, 0.717) is 0 Å². The van der Waals surface area contributed by atoms with Crippen molar-refractivity contribution < 1.29 is 0 Å². The van der Waals surface area contributed by atoms with Gasteiger partial charge in [-0.3, -0.25) is 0 Å². The molecule has 0 fully saturated rings. The van der Waals surface area contributed by atoms with Crippen LogP contribution in [0.2, 0.25) is 0 Å². The highest BCUT2D eigenvalue weighted by atomic mass is 79.9. The molecule has 0 amide bonds. The van der Waals surface area contributed by atoms with Gasteiger partial charge < -0.3 is 5.32 Å². The van der Waals surface area contributed by atoms with Gasteiger partial charge >= 0.3 is 0 Å². The molecule has 0 aliphatic rings. The molecule has 3 rings (SSSR count). The van der Waals surface area contributed by atoms with E-state index in [-0.39, 0.29) is 0 Å². The number of hydrogen-bond acceptors (Lipinski definition) is 3. The van der Waals surface area contributed by atoms with Crippen LogP contribution in [-0.2, 0) is 0 Å². The molecular formula is C13H9BrN2S. The van der Waals surface area contributed by atoms with Gasteiger partial charge in [0.1, 0.15) is 4.60 Å². The molecule has 1 heterocycles. The highest BCUT2D eigenvalue weighted by Crippen LogP contribution is 2.25. The number of hydrogen-bond donors (Lipinski definition) is 1. The number of anilines is 2. The Bertz CT molecular complexity index is 663. The lowest BCUT2D eigenvalue weighted by molar-refractivity contribution is 1.35. The monoisotopic (exact) mass is 304 g/mol. The van der Waals surface area contributed by atoms with Crippen LogP contribution in [0.1, 0.15) is 0 Å². The molecule has 0 unspecified atom stereocenters. The molecule has 0 radical (unpaired) electrons. The number of halogens is 1. The lowest BCUT2D eigenvalue weighted by atomic mass is 10.1. The van der Waals surface area contributed by atoms with Gasteiger partial charge in [-0.1, -0.05) is 30.3 Å². The topological polar surface area (TPSA) is 24.9 Å². The van der Waals surface area contributed by atoms with Gasteiger partial charge in [-0.2, -0.15) is 0 Å². The van der Waals surface area contributed by atoms with Gasteiger partial charge in [0.25, 0.3) is 0 Å². The first kappa shape index (κ1) is 10.7. The molecule has 1 N–H and O–H groups in total. The molecule has 0 atom stereocenters. The third-order valence-corrected chi connectivity index (χ3v) is 3.94. The number of fused-ring (bicyclic) bond motifs is 1. The molecule has 4 heteroatoms. The van der Waals surface area contributed by atoms with Crippen molar-refractivity contribution in [2.45, 2.75) is 0 Å². The van der Waals surface area contributed by atoms with Crippen molar-refractivity contribution >= 4 is 48.9 Å². The van der Waals surface area contributed by atoms with Gasteiger partial charge in [0, 0.05) is 11.1 Å². The van der Waals surface area contributed by atoms with E-state index in [1.165, 1.54) is 10.8 Å². The molecule has 0 spiro atoms. The van der Waals surface area contributed by atoms with Crippen molar-refractivity contribution in [1.29, 1.82) is 0 Å². The molecule has 0 bridgehead atoms. The Kier molecular flexibility index (Phi) is 2.82. The molecular weight excluding hydrogens is 296 g/mol. The van der Waals surface area contributed by atoms with E-state index in [1.807, 2.05) is 17.5 Å². The summed E-state index contributed by atoms with van der Waals surface area (Å²) in [7, 11) is 0. The van der Waals surface area contributed by atoms with Gasteiger partial charge in [-0.15, -0.1) is 11.3 Å². The summed E-state index contributed by atoms with van der Waals surface area (Å²) in [6.07, 6.45) is 0. The Hall–Kier alpha value is -1.39. The molecule has 0 saturated heterocycles. The lowest BCUT2D eigenvalue weighted by Crippen LogP contribution is -1.88. The molecule has 2 aromatic carbocycles. The number of benzene rings is 2. The van der Waals surface area contributed by atoms with Crippen LogP contribution in [0.15, 0.2) is 52.4 Å². The zero-order valence-corrected chi connectivity index (χ0v) is 11.3. The predicted octanol–water partition coefficient (Wildman–Crippen LogP) is 4.80. The molecule has 17 heavy (non-hydrogen) atoms. The average molecular weight is 305 g/mol. The minimum absolute atomic E-state index is 0.866. The fourth-order valence-electron chi connectivity index (χ4n) is 1.70. The fraction of sp³-hybridized carbons (Fsp3) is 0. The summed E-state index contributed by atoms with van der Waals surface area (Å²) in [4.78, 5) is 4.31. The van der Waals surface area contributed by atoms with Crippen molar-refractivity contribution in [1.82, 2.24) is 4.98 Å². The zero-order chi connectivity index (χ0) is 11.7. The summed E-state index contributed by atoms with van der Waals surface area (Å²) in [5.41, 5.74) is 1.06. The quantitative estimate of drug-likeness (QED) is 0.735.